The van der Waals surface area contributed by atoms with Crippen molar-refractivity contribution >= 4 is 28.9 Å². The Balaban J connectivity index is 2.23. The van der Waals surface area contributed by atoms with Gasteiger partial charge in [0.05, 0.1) is 16.3 Å². The SMILES string of the molecule is CC1CC(Nc2c(Cl)cc(N)cc2C(N)=O)CCN1C. The van der Waals surface area contributed by atoms with E-state index in [4.69, 9.17) is 23.1 Å². The van der Waals surface area contributed by atoms with Gasteiger partial charge in [0.25, 0.3) is 5.91 Å². The van der Waals surface area contributed by atoms with Crippen molar-refractivity contribution in [1.29, 1.82) is 0 Å². The minimum atomic E-state index is -0.525. The number of nitrogens with one attached hydrogen (secondary N) is 1. The molecule has 1 aliphatic heterocycles. The van der Waals surface area contributed by atoms with E-state index >= 15 is 0 Å². The molecule has 0 saturated carbocycles. The minimum absolute atomic E-state index is 0.278. The van der Waals surface area contributed by atoms with E-state index in [1.54, 1.807) is 12.1 Å². The van der Waals surface area contributed by atoms with Crippen LogP contribution in [0, 0.1) is 0 Å². The van der Waals surface area contributed by atoms with Crippen LogP contribution in [0.5, 0.6) is 0 Å². The van der Waals surface area contributed by atoms with Crippen molar-refractivity contribution in [2.75, 3.05) is 24.6 Å². The third-order valence-electron chi connectivity index (χ3n) is 3.93. The molecule has 1 aromatic rings. The van der Waals surface area contributed by atoms with E-state index < -0.39 is 5.91 Å². The number of hydrogen-bond acceptors (Lipinski definition) is 4. The molecule has 5 N–H and O–H groups in total. The van der Waals surface area contributed by atoms with Gasteiger partial charge >= 0.3 is 0 Å². The number of anilines is 2. The van der Waals surface area contributed by atoms with Crippen molar-refractivity contribution in [2.24, 2.45) is 5.73 Å². The summed E-state index contributed by atoms with van der Waals surface area (Å²) in [7, 11) is 2.12. The average molecular weight is 297 g/mol. The van der Waals surface area contributed by atoms with E-state index in [1.165, 1.54) is 0 Å². The summed E-state index contributed by atoms with van der Waals surface area (Å²) in [6.45, 7) is 3.20. The molecule has 1 heterocycles. The maximum absolute atomic E-state index is 11.5. The lowest BCUT2D eigenvalue weighted by Gasteiger charge is -2.36. The summed E-state index contributed by atoms with van der Waals surface area (Å²) in [5.74, 6) is -0.525. The van der Waals surface area contributed by atoms with E-state index in [-0.39, 0.29) is 6.04 Å². The number of hydrogen-bond donors (Lipinski definition) is 3. The third kappa shape index (κ3) is 3.16. The monoisotopic (exact) mass is 296 g/mol. The lowest BCUT2D eigenvalue weighted by molar-refractivity contribution is 0.100. The van der Waals surface area contributed by atoms with Crippen molar-refractivity contribution in [3.63, 3.8) is 0 Å². The molecule has 0 aliphatic carbocycles. The summed E-state index contributed by atoms with van der Waals surface area (Å²) in [6.07, 6.45) is 2.00. The molecule has 0 aromatic heterocycles. The Bertz CT molecular complexity index is 520. The van der Waals surface area contributed by atoms with Crippen LogP contribution in [0.15, 0.2) is 12.1 Å². The van der Waals surface area contributed by atoms with Crippen molar-refractivity contribution in [2.45, 2.75) is 31.8 Å². The zero-order valence-electron chi connectivity index (χ0n) is 11.8. The number of piperidine rings is 1. The molecule has 2 rings (SSSR count). The van der Waals surface area contributed by atoms with Gasteiger partial charge < -0.3 is 21.7 Å². The second kappa shape index (κ2) is 5.89. The zero-order chi connectivity index (χ0) is 14.9. The Kier molecular flexibility index (Phi) is 4.40. The lowest BCUT2D eigenvalue weighted by Crippen LogP contribution is -2.42. The molecule has 5 nitrogen and oxygen atoms in total. The van der Waals surface area contributed by atoms with Gasteiger partial charge in [0, 0.05) is 24.3 Å². The number of likely N-dealkylation sites (tertiary alicyclic amines) is 1. The molecule has 1 amide bonds. The number of carbonyl (C=O) groups excluding carboxylic acids is 1. The Labute approximate surface area is 124 Å². The molecule has 20 heavy (non-hydrogen) atoms. The predicted molar refractivity (Wildman–Crippen MR) is 83.1 cm³/mol. The van der Waals surface area contributed by atoms with Crippen LogP contribution >= 0.6 is 11.6 Å². The van der Waals surface area contributed by atoms with E-state index in [0.717, 1.165) is 19.4 Å². The van der Waals surface area contributed by atoms with Crippen LogP contribution in [0.1, 0.15) is 30.1 Å². The first-order valence-electron chi connectivity index (χ1n) is 6.74. The van der Waals surface area contributed by atoms with Gasteiger partial charge in [-0.05, 0) is 38.9 Å². The van der Waals surface area contributed by atoms with Gasteiger partial charge in [-0.25, -0.2) is 0 Å². The van der Waals surface area contributed by atoms with Crippen LogP contribution in [-0.2, 0) is 0 Å². The van der Waals surface area contributed by atoms with E-state index in [9.17, 15) is 4.79 Å². The first-order chi connectivity index (χ1) is 9.38. The molecule has 1 saturated heterocycles. The Morgan fingerprint density at radius 3 is 2.80 bits per heavy atom. The van der Waals surface area contributed by atoms with Crippen LogP contribution in [0.4, 0.5) is 11.4 Å². The molecular weight excluding hydrogens is 276 g/mol. The number of carbonyl (C=O) groups is 1. The smallest absolute Gasteiger partial charge is 0.250 e. The van der Waals surface area contributed by atoms with E-state index in [2.05, 4.69) is 24.2 Å². The average Bonchev–Trinajstić information content (AvgIpc) is 2.36. The van der Waals surface area contributed by atoms with Crippen LogP contribution in [-0.4, -0.2) is 36.5 Å². The number of benzene rings is 1. The predicted octanol–water partition coefficient (Wildman–Crippen LogP) is 1.92. The minimum Gasteiger partial charge on any atom is -0.399 e. The van der Waals surface area contributed by atoms with Crippen LogP contribution in [0.2, 0.25) is 5.02 Å². The molecular formula is C14H21ClN4O. The first-order valence-corrected chi connectivity index (χ1v) is 7.12. The van der Waals surface area contributed by atoms with Gasteiger partial charge in [-0.1, -0.05) is 11.6 Å². The van der Waals surface area contributed by atoms with Crippen molar-refractivity contribution < 1.29 is 4.79 Å². The van der Waals surface area contributed by atoms with Crippen LogP contribution in [0.25, 0.3) is 0 Å². The molecule has 0 radical (unpaired) electrons. The molecule has 2 unspecified atom stereocenters. The Morgan fingerprint density at radius 1 is 1.50 bits per heavy atom. The zero-order valence-corrected chi connectivity index (χ0v) is 12.6. The summed E-state index contributed by atoms with van der Waals surface area (Å²) in [4.78, 5) is 13.9. The second-order valence-corrected chi connectivity index (χ2v) is 5.89. The number of halogens is 1. The van der Waals surface area contributed by atoms with Gasteiger partial charge in [0.15, 0.2) is 0 Å². The number of nitrogen functional groups attached to an aromatic ring is 1. The fraction of sp³-hybridized carbons (Fsp3) is 0.500. The maximum Gasteiger partial charge on any atom is 0.250 e. The highest BCUT2D eigenvalue weighted by Crippen LogP contribution is 2.31. The van der Waals surface area contributed by atoms with Gasteiger partial charge in [0.1, 0.15) is 0 Å². The molecule has 1 aromatic carbocycles. The van der Waals surface area contributed by atoms with Crippen LogP contribution < -0.4 is 16.8 Å². The molecule has 2 atom stereocenters. The number of nitrogens with two attached hydrogens (primary N) is 2. The maximum atomic E-state index is 11.5. The highest BCUT2D eigenvalue weighted by atomic mass is 35.5. The highest BCUT2D eigenvalue weighted by Gasteiger charge is 2.24. The number of primary amides is 1. The molecule has 1 fully saturated rings. The largest absolute Gasteiger partial charge is 0.399 e. The molecule has 0 bridgehead atoms. The van der Waals surface area contributed by atoms with Crippen molar-refractivity contribution in [3.05, 3.63) is 22.7 Å². The topological polar surface area (TPSA) is 84.4 Å². The summed E-state index contributed by atoms with van der Waals surface area (Å²) in [5.41, 5.74) is 12.5. The van der Waals surface area contributed by atoms with Gasteiger partial charge in [-0.3, -0.25) is 4.79 Å². The lowest BCUT2D eigenvalue weighted by atomic mass is 9.98. The number of rotatable bonds is 3. The van der Waals surface area contributed by atoms with Crippen LogP contribution in [0.3, 0.4) is 0 Å². The highest BCUT2D eigenvalue weighted by molar-refractivity contribution is 6.34. The third-order valence-corrected chi connectivity index (χ3v) is 4.23. The second-order valence-electron chi connectivity index (χ2n) is 5.48. The summed E-state index contributed by atoms with van der Waals surface area (Å²) < 4.78 is 0. The molecule has 0 spiro atoms. The quantitative estimate of drug-likeness (QED) is 0.744. The van der Waals surface area contributed by atoms with Gasteiger partial charge in [0.2, 0.25) is 0 Å². The first kappa shape index (κ1) is 14.9. The van der Waals surface area contributed by atoms with E-state index in [0.29, 0.717) is 28.0 Å². The van der Waals surface area contributed by atoms with Crippen molar-refractivity contribution in [1.82, 2.24) is 4.90 Å². The molecule has 6 heteroatoms. The Morgan fingerprint density at radius 2 is 2.20 bits per heavy atom. The van der Waals surface area contributed by atoms with Gasteiger partial charge in [-0.2, -0.15) is 0 Å². The fourth-order valence-corrected chi connectivity index (χ4v) is 2.88. The summed E-state index contributed by atoms with van der Waals surface area (Å²) >= 11 is 6.20. The summed E-state index contributed by atoms with van der Waals surface area (Å²) in [6, 6.07) is 3.97. The normalized spacial score (nSPS) is 23.6. The summed E-state index contributed by atoms with van der Waals surface area (Å²) in [5, 5.41) is 3.80. The fourth-order valence-electron chi connectivity index (χ4n) is 2.59. The molecule has 110 valence electrons. The van der Waals surface area contributed by atoms with Gasteiger partial charge in [-0.15, -0.1) is 0 Å². The number of nitrogens with zero attached hydrogens (tertiary/aromatic N) is 1. The number of amides is 1. The van der Waals surface area contributed by atoms with Crippen molar-refractivity contribution in [3.8, 4) is 0 Å². The standard InChI is InChI=1S/C14H21ClN4O/c1-8-5-10(3-4-19(8)2)18-13-11(14(17)20)6-9(16)7-12(13)15/h6-8,10,18H,3-5,16H2,1-2H3,(H2,17,20). The molecule has 1 aliphatic rings. The Hall–Kier alpha value is -1.46. The van der Waals surface area contributed by atoms with E-state index in [1.807, 2.05) is 0 Å².